The summed E-state index contributed by atoms with van der Waals surface area (Å²) in [5.41, 5.74) is -0.000802. The van der Waals surface area contributed by atoms with Crippen LogP contribution >= 0.6 is 0 Å². The molecule has 0 spiro atoms. The van der Waals surface area contributed by atoms with Gasteiger partial charge in [0.1, 0.15) is 6.61 Å². The number of ether oxygens (including phenoxy) is 2. The van der Waals surface area contributed by atoms with Gasteiger partial charge in [-0.2, -0.15) is 0 Å². The number of carboxylic acid groups (broad SMARTS) is 1. The predicted octanol–water partition coefficient (Wildman–Crippen LogP) is 2.01. The molecule has 1 aromatic rings. The molecule has 7 nitrogen and oxygen atoms in total. The minimum absolute atomic E-state index is 0.0182. The van der Waals surface area contributed by atoms with Gasteiger partial charge in [0.05, 0.1) is 18.1 Å². The zero-order valence-corrected chi connectivity index (χ0v) is 10.5. The second-order valence-corrected chi connectivity index (χ2v) is 3.60. The maximum Gasteiger partial charge on any atom is 0.331 e. The van der Waals surface area contributed by atoms with Gasteiger partial charge in [-0.3, -0.25) is 10.1 Å². The molecule has 0 bridgehead atoms. The molecule has 19 heavy (non-hydrogen) atoms. The normalized spacial score (nSPS) is 10.9. The van der Waals surface area contributed by atoms with Gasteiger partial charge in [-0.1, -0.05) is 0 Å². The highest BCUT2D eigenvalue weighted by molar-refractivity contribution is 5.85. The van der Waals surface area contributed by atoms with Crippen molar-refractivity contribution in [3.63, 3.8) is 0 Å². The van der Waals surface area contributed by atoms with Crippen molar-refractivity contribution in [2.75, 3.05) is 13.7 Å². The number of nitrogens with zero attached hydrogens (tertiary/aromatic N) is 1. The summed E-state index contributed by atoms with van der Waals surface area (Å²) < 4.78 is 10.3. The fourth-order valence-corrected chi connectivity index (χ4v) is 1.24. The van der Waals surface area contributed by atoms with E-state index in [9.17, 15) is 14.9 Å². The largest absolute Gasteiger partial charge is 0.493 e. The van der Waals surface area contributed by atoms with Crippen LogP contribution in [0.15, 0.2) is 29.8 Å². The van der Waals surface area contributed by atoms with Crippen LogP contribution in [-0.2, 0) is 4.79 Å². The van der Waals surface area contributed by atoms with E-state index in [-0.39, 0.29) is 23.6 Å². The molecular formula is C12H13NO6. The van der Waals surface area contributed by atoms with Gasteiger partial charge in [0.2, 0.25) is 0 Å². The van der Waals surface area contributed by atoms with Crippen LogP contribution in [0.1, 0.15) is 6.92 Å². The van der Waals surface area contributed by atoms with Crippen molar-refractivity contribution in [2.24, 2.45) is 0 Å². The van der Waals surface area contributed by atoms with E-state index >= 15 is 0 Å². The van der Waals surface area contributed by atoms with E-state index in [2.05, 4.69) is 0 Å². The number of aliphatic carboxylic acids is 1. The van der Waals surface area contributed by atoms with Crippen LogP contribution < -0.4 is 9.47 Å². The van der Waals surface area contributed by atoms with Gasteiger partial charge in [-0.05, 0) is 19.1 Å². The molecule has 102 valence electrons. The van der Waals surface area contributed by atoms with Crippen LogP contribution in [0.3, 0.4) is 0 Å². The van der Waals surface area contributed by atoms with E-state index in [0.29, 0.717) is 5.75 Å². The highest BCUT2D eigenvalue weighted by Crippen LogP contribution is 2.31. The zero-order chi connectivity index (χ0) is 14.4. The highest BCUT2D eigenvalue weighted by Gasteiger charge is 2.12. The molecule has 1 rings (SSSR count). The number of nitro benzene ring substituents is 1. The Labute approximate surface area is 109 Å². The number of benzene rings is 1. The lowest BCUT2D eigenvalue weighted by atomic mass is 10.2. The molecule has 0 amide bonds. The summed E-state index contributed by atoms with van der Waals surface area (Å²) in [5, 5.41) is 19.3. The number of methoxy groups -OCH3 is 1. The van der Waals surface area contributed by atoms with E-state index in [1.807, 2.05) is 0 Å². The van der Waals surface area contributed by atoms with Crippen molar-refractivity contribution in [3.05, 3.63) is 40.0 Å². The van der Waals surface area contributed by atoms with Crippen LogP contribution in [-0.4, -0.2) is 29.7 Å². The summed E-state index contributed by atoms with van der Waals surface area (Å²) in [6.45, 7) is 1.41. The fourth-order valence-electron chi connectivity index (χ4n) is 1.24. The molecule has 0 aliphatic heterocycles. The first-order valence-electron chi connectivity index (χ1n) is 5.31. The Bertz CT molecular complexity index is 523. The maximum absolute atomic E-state index is 10.6. The standard InChI is InChI=1S/C12H13NO6/c1-8(12(14)15)5-6-19-11-7-9(13(16)17)3-4-10(11)18-2/h3-5,7H,6H2,1-2H3,(H,14,15). The summed E-state index contributed by atoms with van der Waals surface area (Å²) in [7, 11) is 1.41. The highest BCUT2D eigenvalue weighted by atomic mass is 16.6. The molecule has 0 saturated carbocycles. The van der Waals surface area contributed by atoms with Gasteiger partial charge in [0.15, 0.2) is 11.5 Å². The summed E-state index contributed by atoms with van der Waals surface area (Å²) in [6, 6.07) is 3.94. The molecule has 0 unspecified atom stereocenters. The number of carbonyl (C=O) groups is 1. The van der Waals surface area contributed by atoms with Crippen LogP contribution in [0, 0.1) is 10.1 Å². The molecule has 0 fully saturated rings. The Kier molecular flexibility index (Phi) is 4.87. The average molecular weight is 267 g/mol. The number of non-ortho nitro benzene ring substituents is 1. The van der Waals surface area contributed by atoms with Crippen LogP contribution in [0.4, 0.5) is 5.69 Å². The quantitative estimate of drug-likeness (QED) is 0.481. The van der Waals surface area contributed by atoms with Crippen molar-refractivity contribution in [2.45, 2.75) is 6.92 Å². The van der Waals surface area contributed by atoms with Crippen molar-refractivity contribution in [1.82, 2.24) is 0 Å². The van der Waals surface area contributed by atoms with Crippen molar-refractivity contribution >= 4 is 11.7 Å². The lowest BCUT2D eigenvalue weighted by Crippen LogP contribution is -2.02. The molecule has 0 radical (unpaired) electrons. The van der Waals surface area contributed by atoms with Crippen LogP contribution in [0.5, 0.6) is 11.5 Å². The van der Waals surface area contributed by atoms with Gasteiger partial charge in [0.25, 0.3) is 5.69 Å². The third kappa shape index (κ3) is 3.98. The Morgan fingerprint density at radius 3 is 2.68 bits per heavy atom. The van der Waals surface area contributed by atoms with Gasteiger partial charge < -0.3 is 14.6 Å². The summed E-state index contributed by atoms with van der Waals surface area (Å²) in [5.74, 6) is -0.521. The SMILES string of the molecule is COc1ccc([N+](=O)[O-])cc1OCC=C(C)C(=O)O. The average Bonchev–Trinajstić information content (AvgIpc) is 2.38. The predicted molar refractivity (Wildman–Crippen MR) is 66.5 cm³/mol. The number of hydrogen-bond acceptors (Lipinski definition) is 5. The lowest BCUT2D eigenvalue weighted by molar-refractivity contribution is -0.385. The lowest BCUT2D eigenvalue weighted by Gasteiger charge is -2.08. The van der Waals surface area contributed by atoms with Crippen molar-refractivity contribution < 1.29 is 24.3 Å². The molecule has 0 saturated heterocycles. The fraction of sp³-hybridized carbons (Fsp3) is 0.250. The maximum atomic E-state index is 10.6. The van der Waals surface area contributed by atoms with E-state index in [4.69, 9.17) is 14.6 Å². The molecule has 1 aromatic carbocycles. The van der Waals surface area contributed by atoms with Crippen molar-refractivity contribution in [1.29, 1.82) is 0 Å². The number of rotatable bonds is 6. The molecule has 7 heteroatoms. The molecule has 0 atom stereocenters. The molecule has 0 aliphatic rings. The Morgan fingerprint density at radius 2 is 2.16 bits per heavy atom. The Hall–Kier alpha value is -2.57. The number of nitro groups is 1. The first-order chi connectivity index (χ1) is 8.95. The third-order valence-electron chi connectivity index (χ3n) is 2.32. The summed E-state index contributed by atoms with van der Waals surface area (Å²) in [6.07, 6.45) is 1.36. The number of hydrogen-bond donors (Lipinski definition) is 1. The molecule has 0 aromatic heterocycles. The van der Waals surface area contributed by atoms with E-state index < -0.39 is 10.9 Å². The summed E-state index contributed by atoms with van der Waals surface area (Å²) in [4.78, 5) is 20.7. The zero-order valence-electron chi connectivity index (χ0n) is 10.5. The van der Waals surface area contributed by atoms with E-state index in [1.54, 1.807) is 0 Å². The first kappa shape index (κ1) is 14.5. The summed E-state index contributed by atoms with van der Waals surface area (Å²) >= 11 is 0. The van der Waals surface area contributed by atoms with Crippen LogP contribution in [0.25, 0.3) is 0 Å². The Morgan fingerprint density at radius 1 is 1.47 bits per heavy atom. The monoisotopic (exact) mass is 267 g/mol. The molecule has 0 aliphatic carbocycles. The second kappa shape index (κ2) is 6.39. The first-order valence-corrected chi connectivity index (χ1v) is 5.31. The molecule has 1 N–H and O–H groups in total. The van der Waals surface area contributed by atoms with Gasteiger partial charge in [-0.15, -0.1) is 0 Å². The van der Waals surface area contributed by atoms with Gasteiger partial charge >= 0.3 is 5.97 Å². The molecule has 0 heterocycles. The smallest absolute Gasteiger partial charge is 0.331 e. The van der Waals surface area contributed by atoms with E-state index in [0.717, 1.165) is 0 Å². The Balaban J connectivity index is 2.87. The number of carboxylic acids is 1. The van der Waals surface area contributed by atoms with Crippen molar-refractivity contribution in [3.8, 4) is 11.5 Å². The van der Waals surface area contributed by atoms with Crippen LogP contribution in [0.2, 0.25) is 0 Å². The minimum atomic E-state index is -1.05. The van der Waals surface area contributed by atoms with E-state index in [1.165, 1.54) is 38.3 Å². The second-order valence-electron chi connectivity index (χ2n) is 3.60. The topological polar surface area (TPSA) is 98.9 Å². The molecular weight excluding hydrogens is 254 g/mol. The third-order valence-corrected chi connectivity index (χ3v) is 2.32. The van der Waals surface area contributed by atoms with Gasteiger partial charge in [0, 0.05) is 11.6 Å². The van der Waals surface area contributed by atoms with Gasteiger partial charge in [-0.25, -0.2) is 4.79 Å². The minimum Gasteiger partial charge on any atom is -0.493 e.